The zero-order chi connectivity index (χ0) is 26.8. The zero-order valence-electron chi connectivity index (χ0n) is 21.3. The molecule has 0 radical (unpaired) electrons. The molecule has 1 aliphatic heterocycles. The number of nitrogens with one attached hydrogen (secondary N) is 1. The standard InChI is InChI=1S/C32H28ClN3O3/c33-25-8-5-21(6-9-25)28-3-1-2-4-29(28)31(38)22-12-15-36(16-13-22)26-10-7-24(20-37)30(18-26)39-27-17-23-11-14-34-32(23)35-19-27/h1-11,14,17-20,22,31,38H,12-13,15-16H2,(H,34,35). The average Bonchev–Trinajstić information content (AvgIpc) is 3.45. The number of rotatable bonds is 7. The molecule has 3 aromatic carbocycles. The number of hydrogen-bond donors (Lipinski definition) is 2. The van der Waals surface area contributed by atoms with Crippen LogP contribution in [-0.4, -0.2) is 34.5 Å². The van der Waals surface area contributed by atoms with Crippen LogP contribution < -0.4 is 9.64 Å². The zero-order valence-corrected chi connectivity index (χ0v) is 22.0. The molecule has 1 saturated heterocycles. The highest BCUT2D eigenvalue weighted by atomic mass is 35.5. The van der Waals surface area contributed by atoms with Crippen molar-refractivity contribution in [3.63, 3.8) is 0 Å². The molecule has 1 unspecified atom stereocenters. The second-order valence-corrected chi connectivity index (χ2v) is 10.3. The molecule has 0 amide bonds. The van der Waals surface area contributed by atoms with Gasteiger partial charge in [0.05, 0.1) is 17.9 Å². The third-order valence-electron chi connectivity index (χ3n) is 7.51. The number of aliphatic hydroxyl groups excluding tert-OH is 1. The Balaban J connectivity index is 1.17. The van der Waals surface area contributed by atoms with Gasteiger partial charge in [-0.3, -0.25) is 4.79 Å². The largest absolute Gasteiger partial charge is 0.455 e. The molecule has 0 aliphatic carbocycles. The van der Waals surface area contributed by atoms with Crippen LogP contribution in [0.4, 0.5) is 5.69 Å². The SMILES string of the molecule is O=Cc1ccc(N2CCC(C(O)c3ccccc3-c3ccc(Cl)cc3)CC2)cc1Oc1cnc2[nH]ccc2c1. The van der Waals surface area contributed by atoms with Gasteiger partial charge in [0.15, 0.2) is 6.29 Å². The van der Waals surface area contributed by atoms with E-state index in [0.717, 1.165) is 65.6 Å². The Morgan fingerprint density at radius 2 is 1.82 bits per heavy atom. The van der Waals surface area contributed by atoms with Gasteiger partial charge in [0.2, 0.25) is 0 Å². The number of ether oxygens (including phenoxy) is 1. The summed E-state index contributed by atoms with van der Waals surface area (Å²) in [6, 6.07) is 25.3. The number of H-pyrrole nitrogens is 1. The lowest BCUT2D eigenvalue weighted by atomic mass is 9.84. The van der Waals surface area contributed by atoms with Gasteiger partial charge in [0.25, 0.3) is 0 Å². The molecule has 0 spiro atoms. The van der Waals surface area contributed by atoms with Gasteiger partial charge in [-0.15, -0.1) is 0 Å². The lowest BCUT2D eigenvalue weighted by molar-refractivity contribution is 0.0934. The van der Waals surface area contributed by atoms with Gasteiger partial charge in [-0.1, -0.05) is 48.0 Å². The molecular weight excluding hydrogens is 510 g/mol. The number of aromatic nitrogens is 2. The number of nitrogens with zero attached hydrogens (tertiary/aromatic N) is 2. The van der Waals surface area contributed by atoms with Crippen LogP contribution in [-0.2, 0) is 0 Å². The molecular formula is C32H28ClN3O3. The van der Waals surface area contributed by atoms with Gasteiger partial charge in [-0.2, -0.15) is 0 Å². The predicted octanol–water partition coefficient (Wildman–Crippen LogP) is 7.44. The summed E-state index contributed by atoms with van der Waals surface area (Å²) in [7, 11) is 0. The number of halogens is 1. The van der Waals surface area contributed by atoms with E-state index >= 15 is 0 Å². The first-order valence-electron chi connectivity index (χ1n) is 13.1. The highest BCUT2D eigenvalue weighted by Crippen LogP contribution is 2.38. The first-order chi connectivity index (χ1) is 19.1. The second-order valence-electron chi connectivity index (χ2n) is 9.89. The Bertz CT molecular complexity index is 1610. The molecule has 196 valence electrons. The van der Waals surface area contributed by atoms with Crippen LogP contribution in [0.5, 0.6) is 11.5 Å². The molecule has 3 heterocycles. The van der Waals surface area contributed by atoms with E-state index in [1.807, 2.05) is 72.9 Å². The minimum absolute atomic E-state index is 0.138. The first kappa shape index (κ1) is 25.2. The van der Waals surface area contributed by atoms with Crippen molar-refractivity contribution in [3.8, 4) is 22.6 Å². The minimum atomic E-state index is -0.564. The van der Waals surface area contributed by atoms with Crippen molar-refractivity contribution in [2.24, 2.45) is 5.92 Å². The number of aromatic amines is 1. The molecule has 6 nitrogen and oxygen atoms in total. The van der Waals surface area contributed by atoms with E-state index in [0.29, 0.717) is 22.1 Å². The summed E-state index contributed by atoms with van der Waals surface area (Å²) in [5.41, 5.74) is 5.27. The quantitative estimate of drug-likeness (QED) is 0.211. The highest BCUT2D eigenvalue weighted by Gasteiger charge is 2.28. The topological polar surface area (TPSA) is 78.5 Å². The minimum Gasteiger partial charge on any atom is -0.455 e. The van der Waals surface area contributed by atoms with E-state index in [1.165, 1.54) is 0 Å². The van der Waals surface area contributed by atoms with Gasteiger partial charge >= 0.3 is 0 Å². The fourth-order valence-electron chi connectivity index (χ4n) is 5.38. The van der Waals surface area contributed by atoms with Gasteiger partial charge < -0.3 is 19.7 Å². The van der Waals surface area contributed by atoms with Crippen LogP contribution in [0.25, 0.3) is 22.2 Å². The summed E-state index contributed by atoms with van der Waals surface area (Å²) in [5, 5.41) is 13.1. The molecule has 1 fully saturated rings. The van der Waals surface area contributed by atoms with Gasteiger partial charge in [0.1, 0.15) is 17.1 Å². The number of benzene rings is 3. The number of pyridine rings is 1. The van der Waals surface area contributed by atoms with E-state index in [-0.39, 0.29) is 5.92 Å². The lowest BCUT2D eigenvalue weighted by Crippen LogP contribution is -2.35. The molecule has 1 atom stereocenters. The van der Waals surface area contributed by atoms with Crippen LogP contribution >= 0.6 is 11.6 Å². The number of carbonyl (C=O) groups excluding carboxylic acids is 1. The number of anilines is 1. The predicted molar refractivity (Wildman–Crippen MR) is 155 cm³/mol. The van der Waals surface area contributed by atoms with E-state index < -0.39 is 6.10 Å². The molecule has 6 rings (SSSR count). The van der Waals surface area contributed by atoms with Gasteiger partial charge in [-0.25, -0.2) is 4.98 Å². The molecule has 1 aliphatic rings. The normalized spacial score (nSPS) is 14.9. The highest BCUT2D eigenvalue weighted by molar-refractivity contribution is 6.30. The Morgan fingerprint density at radius 3 is 2.62 bits per heavy atom. The summed E-state index contributed by atoms with van der Waals surface area (Å²) in [5.74, 6) is 1.21. The second kappa shape index (κ2) is 10.9. The Kier molecular flexibility index (Phi) is 7.05. The maximum absolute atomic E-state index is 11.7. The van der Waals surface area contributed by atoms with Gasteiger partial charge in [-0.05, 0) is 71.8 Å². The van der Waals surface area contributed by atoms with Crippen LogP contribution in [0.2, 0.25) is 5.02 Å². The number of aliphatic hydroxyl groups is 1. The first-order valence-corrected chi connectivity index (χ1v) is 13.4. The van der Waals surface area contributed by atoms with Crippen molar-refractivity contribution >= 4 is 34.6 Å². The maximum atomic E-state index is 11.7. The number of hydrogen-bond acceptors (Lipinski definition) is 5. The number of fused-ring (bicyclic) bond motifs is 1. The summed E-state index contributed by atoms with van der Waals surface area (Å²) < 4.78 is 6.11. The molecule has 2 N–H and O–H groups in total. The fraction of sp³-hybridized carbons (Fsp3) is 0.188. The summed E-state index contributed by atoms with van der Waals surface area (Å²) >= 11 is 6.09. The van der Waals surface area contributed by atoms with Crippen LogP contribution in [0.3, 0.4) is 0 Å². The van der Waals surface area contributed by atoms with E-state index in [4.69, 9.17) is 16.3 Å². The Hall–Kier alpha value is -4.13. The molecule has 5 aromatic rings. The lowest BCUT2D eigenvalue weighted by Gasteiger charge is -2.36. The number of carbonyl (C=O) groups is 1. The fourth-order valence-corrected chi connectivity index (χ4v) is 5.51. The van der Waals surface area contributed by atoms with Crippen LogP contribution in [0.1, 0.15) is 34.9 Å². The molecule has 2 aromatic heterocycles. The van der Waals surface area contributed by atoms with Crippen molar-refractivity contribution in [1.82, 2.24) is 9.97 Å². The van der Waals surface area contributed by atoms with E-state index in [2.05, 4.69) is 20.9 Å². The van der Waals surface area contributed by atoms with Crippen molar-refractivity contribution < 1.29 is 14.6 Å². The van der Waals surface area contributed by atoms with Crippen molar-refractivity contribution in [3.05, 3.63) is 107 Å². The van der Waals surface area contributed by atoms with Crippen LogP contribution in [0, 0.1) is 5.92 Å². The summed E-state index contributed by atoms with van der Waals surface area (Å²) in [4.78, 5) is 21.5. The Morgan fingerprint density at radius 1 is 1.03 bits per heavy atom. The van der Waals surface area contributed by atoms with E-state index in [9.17, 15) is 9.90 Å². The smallest absolute Gasteiger partial charge is 0.153 e. The monoisotopic (exact) mass is 537 g/mol. The third-order valence-corrected chi connectivity index (χ3v) is 7.76. The summed E-state index contributed by atoms with van der Waals surface area (Å²) in [6.07, 6.45) is 5.41. The molecule has 7 heteroatoms. The van der Waals surface area contributed by atoms with E-state index in [1.54, 1.807) is 12.3 Å². The average molecular weight is 538 g/mol. The third kappa shape index (κ3) is 5.26. The van der Waals surface area contributed by atoms with Crippen molar-refractivity contribution in [2.75, 3.05) is 18.0 Å². The number of piperidine rings is 1. The van der Waals surface area contributed by atoms with Crippen molar-refractivity contribution in [2.45, 2.75) is 18.9 Å². The Labute approximate surface area is 231 Å². The molecule has 0 saturated carbocycles. The van der Waals surface area contributed by atoms with Gasteiger partial charge in [0, 0.05) is 41.4 Å². The molecule has 0 bridgehead atoms. The number of aldehydes is 1. The van der Waals surface area contributed by atoms with Crippen LogP contribution in [0.15, 0.2) is 91.3 Å². The maximum Gasteiger partial charge on any atom is 0.153 e. The summed E-state index contributed by atoms with van der Waals surface area (Å²) in [6.45, 7) is 1.59. The van der Waals surface area contributed by atoms with Crippen molar-refractivity contribution in [1.29, 1.82) is 0 Å². The molecule has 39 heavy (non-hydrogen) atoms.